The lowest BCUT2D eigenvalue weighted by Gasteiger charge is -2.61. The van der Waals surface area contributed by atoms with E-state index in [1.807, 2.05) is 30.7 Å². The molecule has 2 aromatic rings. The van der Waals surface area contributed by atoms with Gasteiger partial charge in [0.2, 0.25) is 0 Å². The van der Waals surface area contributed by atoms with E-state index in [2.05, 4.69) is 0 Å². The molecule has 0 aromatic carbocycles. The molecule has 1 aliphatic heterocycles. The van der Waals surface area contributed by atoms with Gasteiger partial charge >= 0.3 is 17.9 Å². The van der Waals surface area contributed by atoms with Gasteiger partial charge in [0.25, 0.3) is 0 Å². The van der Waals surface area contributed by atoms with Crippen LogP contribution in [-0.2, 0) is 33.4 Å². The summed E-state index contributed by atoms with van der Waals surface area (Å²) < 4.78 is 22.3. The molecule has 8 nitrogen and oxygen atoms in total. The van der Waals surface area contributed by atoms with Gasteiger partial charge in [0.15, 0.2) is 11.9 Å². The molecule has 3 heterocycles. The fourth-order valence-corrected chi connectivity index (χ4v) is 7.83. The third-order valence-corrected chi connectivity index (χ3v) is 9.41. The number of furan rings is 1. The molecule has 2 saturated carbocycles. The number of cyclic esters (lactones) is 1. The van der Waals surface area contributed by atoms with Crippen LogP contribution in [0.15, 0.2) is 33.6 Å². The van der Waals surface area contributed by atoms with Crippen LogP contribution in [0.1, 0.15) is 58.1 Å². The molecule has 0 amide bonds. The van der Waals surface area contributed by atoms with Gasteiger partial charge < -0.3 is 18.6 Å². The summed E-state index contributed by atoms with van der Waals surface area (Å²) in [5.74, 6) is -2.83. The highest BCUT2D eigenvalue weighted by Gasteiger charge is 2.67. The van der Waals surface area contributed by atoms with Gasteiger partial charge in [0.05, 0.1) is 25.2 Å². The number of methoxy groups -OCH3 is 1. The third-order valence-electron chi connectivity index (χ3n) is 8.72. The van der Waals surface area contributed by atoms with Gasteiger partial charge in [-0.15, -0.1) is 0 Å². The molecule has 5 rings (SSSR count). The smallest absolute Gasteiger partial charge is 0.310 e. The summed E-state index contributed by atoms with van der Waals surface area (Å²) in [5.41, 5.74) is 0.0726. The number of Topliss-reactive ketones (excluding diaryl/α,β-unsaturated/α-hetero) is 1. The molecular formula is C27H30O8S. The van der Waals surface area contributed by atoms with Crippen molar-refractivity contribution >= 4 is 35.0 Å². The Morgan fingerprint density at radius 3 is 2.61 bits per heavy atom. The Bertz CT molecular complexity index is 1200. The minimum atomic E-state index is -1.06. The van der Waals surface area contributed by atoms with Crippen LogP contribution in [0.25, 0.3) is 11.3 Å². The predicted octanol–water partition coefficient (Wildman–Crippen LogP) is 4.73. The first-order valence-electron chi connectivity index (χ1n) is 12.2. The highest BCUT2D eigenvalue weighted by Crippen LogP contribution is 2.65. The molecule has 2 aromatic heterocycles. The Hall–Kier alpha value is -2.94. The second kappa shape index (κ2) is 8.87. The number of thiophene rings is 1. The minimum absolute atomic E-state index is 0.0801. The van der Waals surface area contributed by atoms with Crippen molar-refractivity contribution in [3.8, 4) is 11.3 Å². The van der Waals surface area contributed by atoms with Gasteiger partial charge in [-0.3, -0.25) is 19.2 Å². The Labute approximate surface area is 213 Å². The van der Waals surface area contributed by atoms with Crippen LogP contribution in [0.2, 0.25) is 0 Å². The van der Waals surface area contributed by atoms with E-state index in [4.69, 9.17) is 18.6 Å². The van der Waals surface area contributed by atoms with E-state index in [9.17, 15) is 19.2 Å². The second-order valence-corrected chi connectivity index (χ2v) is 11.5. The zero-order valence-corrected chi connectivity index (χ0v) is 21.6. The van der Waals surface area contributed by atoms with Crippen molar-refractivity contribution < 1.29 is 37.8 Å². The maximum absolute atomic E-state index is 14.0. The lowest BCUT2D eigenvalue weighted by Crippen LogP contribution is -2.64. The summed E-state index contributed by atoms with van der Waals surface area (Å²) in [6.07, 6.45) is 1.34. The van der Waals surface area contributed by atoms with Crippen LogP contribution in [0.4, 0.5) is 0 Å². The lowest BCUT2D eigenvalue weighted by molar-refractivity contribution is -0.210. The average molecular weight is 515 g/mol. The van der Waals surface area contributed by atoms with Crippen molar-refractivity contribution in [2.75, 3.05) is 7.11 Å². The van der Waals surface area contributed by atoms with Crippen molar-refractivity contribution in [1.29, 1.82) is 0 Å². The Morgan fingerprint density at radius 2 is 1.94 bits per heavy atom. The average Bonchev–Trinajstić information content (AvgIpc) is 3.51. The van der Waals surface area contributed by atoms with E-state index >= 15 is 0 Å². The highest BCUT2D eigenvalue weighted by atomic mass is 32.1. The van der Waals surface area contributed by atoms with Crippen molar-refractivity contribution in [3.05, 3.63) is 34.7 Å². The number of ketones is 1. The molecule has 0 bridgehead atoms. The van der Waals surface area contributed by atoms with Crippen molar-refractivity contribution in [2.24, 2.45) is 28.6 Å². The van der Waals surface area contributed by atoms with Gasteiger partial charge in [-0.25, -0.2) is 0 Å². The Balaban J connectivity index is 1.58. The molecule has 36 heavy (non-hydrogen) atoms. The van der Waals surface area contributed by atoms with E-state index in [1.165, 1.54) is 25.4 Å². The van der Waals surface area contributed by atoms with E-state index in [1.54, 1.807) is 12.3 Å². The molecule has 3 fully saturated rings. The summed E-state index contributed by atoms with van der Waals surface area (Å²) >= 11 is 1.54. The van der Waals surface area contributed by atoms with Gasteiger partial charge in [-0.05, 0) is 47.6 Å². The molecule has 1 saturated heterocycles. The molecule has 0 spiro atoms. The fraction of sp³-hybridized carbons (Fsp3) is 0.556. The standard InChI is InChI=1S/C27H30O8S/c1-14(28)34-19-11-18(24(30)32-4)26(2)8-5-17-25(31)35-20(12-27(17,3)23(26)21(19)29)16-6-9-33-22(16)15-7-10-36-13-15/h6-7,9-10,13,17-20,23H,5,8,11-12H2,1-4H3/t17-,18-,19-,20-,23-,26-,27-/m0/s1. The van der Waals surface area contributed by atoms with Crippen molar-refractivity contribution in [1.82, 2.24) is 0 Å². The largest absolute Gasteiger partial charge is 0.469 e. The lowest BCUT2D eigenvalue weighted by atomic mass is 9.43. The second-order valence-electron chi connectivity index (χ2n) is 10.7. The van der Waals surface area contributed by atoms with Gasteiger partial charge in [0, 0.05) is 35.8 Å². The fourth-order valence-electron chi connectivity index (χ4n) is 7.19. The number of ether oxygens (including phenoxy) is 3. The molecule has 3 aliphatic rings. The van der Waals surface area contributed by atoms with Crippen LogP contribution >= 0.6 is 11.3 Å². The number of hydrogen-bond donors (Lipinski definition) is 0. The van der Waals surface area contributed by atoms with Gasteiger partial charge in [-0.2, -0.15) is 11.3 Å². The predicted molar refractivity (Wildman–Crippen MR) is 129 cm³/mol. The van der Waals surface area contributed by atoms with Gasteiger partial charge in [-0.1, -0.05) is 13.8 Å². The number of hydrogen-bond acceptors (Lipinski definition) is 9. The monoisotopic (exact) mass is 514 g/mol. The molecule has 0 unspecified atom stereocenters. The molecule has 7 atom stereocenters. The first-order valence-corrected chi connectivity index (χ1v) is 13.1. The number of esters is 3. The maximum atomic E-state index is 14.0. The third kappa shape index (κ3) is 3.70. The van der Waals surface area contributed by atoms with Crippen molar-refractivity contribution in [3.63, 3.8) is 0 Å². The van der Waals surface area contributed by atoms with E-state index in [0.717, 1.165) is 11.1 Å². The molecule has 9 heteroatoms. The van der Waals surface area contributed by atoms with Crippen LogP contribution < -0.4 is 0 Å². The molecule has 2 aliphatic carbocycles. The van der Waals surface area contributed by atoms with Crippen molar-refractivity contribution in [2.45, 2.75) is 58.7 Å². The summed E-state index contributed by atoms with van der Waals surface area (Å²) in [5, 5.41) is 3.91. The molecule has 0 radical (unpaired) electrons. The van der Waals surface area contributed by atoms with E-state index in [0.29, 0.717) is 25.0 Å². The van der Waals surface area contributed by atoms with Crippen LogP contribution in [0.3, 0.4) is 0 Å². The van der Waals surface area contributed by atoms with E-state index < -0.39 is 52.7 Å². The normalized spacial score (nSPS) is 35.8. The summed E-state index contributed by atoms with van der Waals surface area (Å²) in [6, 6.07) is 3.74. The zero-order valence-electron chi connectivity index (χ0n) is 20.8. The molecule has 192 valence electrons. The topological polar surface area (TPSA) is 109 Å². The summed E-state index contributed by atoms with van der Waals surface area (Å²) in [7, 11) is 1.32. The Morgan fingerprint density at radius 1 is 1.17 bits per heavy atom. The number of fused-ring (bicyclic) bond motifs is 3. The molecule has 0 N–H and O–H groups in total. The maximum Gasteiger partial charge on any atom is 0.310 e. The summed E-state index contributed by atoms with van der Waals surface area (Å²) in [4.78, 5) is 52.2. The zero-order chi connectivity index (χ0) is 25.8. The quantitative estimate of drug-likeness (QED) is 0.426. The minimum Gasteiger partial charge on any atom is -0.469 e. The summed E-state index contributed by atoms with van der Waals surface area (Å²) in [6.45, 7) is 5.13. The van der Waals surface area contributed by atoms with Crippen LogP contribution in [-0.4, -0.2) is 36.9 Å². The van der Waals surface area contributed by atoms with E-state index in [-0.39, 0.29) is 18.2 Å². The SMILES string of the molecule is COC(=O)[C@@H]1C[C@H](OC(C)=O)C(=O)[C@H]2[C@@]1(C)CC[C@H]1C(=O)O[C@H](c3ccoc3-c3ccsc3)C[C@]21C. The highest BCUT2D eigenvalue weighted by molar-refractivity contribution is 7.08. The first-order chi connectivity index (χ1) is 17.1. The van der Waals surface area contributed by atoms with Crippen LogP contribution in [0.5, 0.6) is 0 Å². The van der Waals surface area contributed by atoms with Crippen LogP contribution in [0, 0.1) is 28.6 Å². The number of carbonyl (C=O) groups excluding carboxylic acids is 4. The first kappa shape index (κ1) is 24.7. The Kier molecular flexibility index (Phi) is 6.09. The molecular weight excluding hydrogens is 484 g/mol. The van der Waals surface area contributed by atoms with Gasteiger partial charge in [0.1, 0.15) is 11.9 Å². The number of carbonyl (C=O) groups is 4. The number of rotatable bonds is 4.